The van der Waals surface area contributed by atoms with Crippen LogP contribution in [-0.4, -0.2) is 37.0 Å². The van der Waals surface area contributed by atoms with Gasteiger partial charge in [-0.05, 0) is 25.7 Å². The predicted octanol–water partition coefficient (Wildman–Crippen LogP) is 1.63. The van der Waals surface area contributed by atoms with Crippen LogP contribution in [0.5, 0.6) is 0 Å². The highest BCUT2D eigenvalue weighted by atomic mass is 16.2. The van der Waals surface area contributed by atoms with Crippen molar-refractivity contribution in [3.8, 4) is 0 Å². The van der Waals surface area contributed by atoms with E-state index in [1.807, 2.05) is 14.1 Å². The summed E-state index contributed by atoms with van der Waals surface area (Å²) in [5.74, 6) is 0.975. The molecule has 3 atom stereocenters. The summed E-state index contributed by atoms with van der Waals surface area (Å²) in [6, 6.07) is 0.917. The van der Waals surface area contributed by atoms with E-state index in [9.17, 15) is 4.79 Å². The molecule has 1 N–H and O–H groups in total. The molecule has 1 fully saturated rings. The van der Waals surface area contributed by atoms with Gasteiger partial charge < -0.3 is 10.2 Å². The van der Waals surface area contributed by atoms with E-state index in [0.29, 0.717) is 18.5 Å². The van der Waals surface area contributed by atoms with Crippen molar-refractivity contribution in [3.63, 3.8) is 0 Å². The molecule has 0 spiro atoms. The standard InChI is InChI=1S/C12H24N2O/c1-9-6-5-7-11(9)13-10(2)8-12(15)14(3)4/h9-11,13H,5-8H2,1-4H3. The lowest BCUT2D eigenvalue weighted by atomic mass is 10.0. The van der Waals surface area contributed by atoms with Crippen molar-refractivity contribution in [2.75, 3.05) is 14.1 Å². The fourth-order valence-corrected chi connectivity index (χ4v) is 2.26. The highest BCUT2D eigenvalue weighted by Gasteiger charge is 2.24. The lowest BCUT2D eigenvalue weighted by Crippen LogP contribution is -2.40. The lowest BCUT2D eigenvalue weighted by Gasteiger charge is -2.23. The molecule has 0 heterocycles. The van der Waals surface area contributed by atoms with Gasteiger partial charge in [0.2, 0.25) is 5.91 Å². The van der Waals surface area contributed by atoms with E-state index >= 15 is 0 Å². The van der Waals surface area contributed by atoms with Crippen LogP contribution in [-0.2, 0) is 4.79 Å². The monoisotopic (exact) mass is 212 g/mol. The summed E-state index contributed by atoms with van der Waals surface area (Å²) in [6.07, 6.45) is 4.52. The molecule has 1 aliphatic carbocycles. The summed E-state index contributed by atoms with van der Waals surface area (Å²) in [5.41, 5.74) is 0. The lowest BCUT2D eigenvalue weighted by molar-refractivity contribution is -0.129. The van der Waals surface area contributed by atoms with Gasteiger partial charge in [0.1, 0.15) is 0 Å². The summed E-state index contributed by atoms with van der Waals surface area (Å²) >= 11 is 0. The number of nitrogens with one attached hydrogen (secondary N) is 1. The van der Waals surface area contributed by atoms with Crippen molar-refractivity contribution >= 4 is 5.91 Å². The Hall–Kier alpha value is -0.570. The van der Waals surface area contributed by atoms with Crippen molar-refractivity contribution < 1.29 is 4.79 Å². The fraction of sp³-hybridized carbons (Fsp3) is 0.917. The number of rotatable bonds is 4. The molecule has 1 amide bonds. The third-order valence-electron chi connectivity index (χ3n) is 3.34. The van der Waals surface area contributed by atoms with Gasteiger partial charge >= 0.3 is 0 Å². The van der Waals surface area contributed by atoms with E-state index in [1.165, 1.54) is 19.3 Å². The minimum Gasteiger partial charge on any atom is -0.349 e. The van der Waals surface area contributed by atoms with Gasteiger partial charge in [0.25, 0.3) is 0 Å². The maximum atomic E-state index is 11.5. The number of hydrogen-bond acceptors (Lipinski definition) is 2. The van der Waals surface area contributed by atoms with E-state index in [2.05, 4.69) is 19.2 Å². The molecule has 0 aromatic rings. The molecule has 0 aromatic heterocycles. The van der Waals surface area contributed by atoms with Crippen LogP contribution >= 0.6 is 0 Å². The third kappa shape index (κ3) is 3.82. The summed E-state index contributed by atoms with van der Waals surface area (Å²) in [4.78, 5) is 13.2. The second-order valence-corrected chi connectivity index (χ2v) is 5.07. The zero-order chi connectivity index (χ0) is 11.4. The fourth-order valence-electron chi connectivity index (χ4n) is 2.26. The van der Waals surface area contributed by atoms with Gasteiger partial charge in [0, 0.05) is 32.6 Å². The number of nitrogens with zero attached hydrogens (tertiary/aromatic N) is 1. The Morgan fingerprint density at radius 1 is 1.47 bits per heavy atom. The highest BCUT2D eigenvalue weighted by molar-refractivity contribution is 5.76. The quantitative estimate of drug-likeness (QED) is 0.768. The normalized spacial score (nSPS) is 27.7. The molecule has 88 valence electrons. The average molecular weight is 212 g/mol. The number of hydrogen-bond donors (Lipinski definition) is 1. The second kappa shape index (κ2) is 5.50. The first-order valence-corrected chi connectivity index (χ1v) is 5.97. The van der Waals surface area contributed by atoms with Gasteiger partial charge in [-0.2, -0.15) is 0 Å². The molecule has 3 nitrogen and oxygen atoms in total. The topological polar surface area (TPSA) is 32.3 Å². The van der Waals surface area contributed by atoms with Crippen molar-refractivity contribution in [1.29, 1.82) is 0 Å². The maximum absolute atomic E-state index is 11.5. The molecule has 0 saturated heterocycles. The third-order valence-corrected chi connectivity index (χ3v) is 3.34. The van der Waals surface area contributed by atoms with Gasteiger partial charge in [-0.15, -0.1) is 0 Å². The summed E-state index contributed by atoms with van der Waals surface area (Å²) in [7, 11) is 3.63. The van der Waals surface area contributed by atoms with E-state index in [4.69, 9.17) is 0 Å². The Kier molecular flexibility index (Phi) is 4.58. The minimum atomic E-state index is 0.209. The molecule has 3 heteroatoms. The highest BCUT2D eigenvalue weighted by Crippen LogP contribution is 2.25. The zero-order valence-electron chi connectivity index (χ0n) is 10.4. The molecule has 1 saturated carbocycles. The molecule has 0 bridgehead atoms. The number of carbonyl (C=O) groups excluding carboxylic acids is 1. The van der Waals surface area contributed by atoms with Crippen molar-refractivity contribution in [3.05, 3.63) is 0 Å². The molecular formula is C12H24N2O. The second-order valence-electron chi connectivity index (χ2n) is 5.07. The van der Waals surface area contributed by atoms with Crippen molar-refractivity contribution in [2.45, 2.75) is 51.6 Å². The van der Waals surface area contributed by atoms with E-state index < -0.39 is 0 Å². The van der Waals surface area contributed by atoms with Gasteiger partial charge in [-0.3, -0.25) is 4.79 Å². The summed E-state index contributed by atoms with van der Waals surface area (Å²) in [6.45, 7) is 4.40. The maximum Gasteiger partial charge on any atom is 0.223 e. The average Bonchev–Trinajstić information content (AvgIpc) is 2.51. The molecule has 1 aliphatic rings. The molecule has 0 radical (unpaired) electrons. The first-order valence-electron chi connectivity index (χ1n) is 5.97. The van der Waals surface area contributed by atoms with Crippen LogP contribution in [0.1, 0.15) is 39.5 Å². The first kappa shape index (κ1) is 12.5. The van der Waals surface area contributed by atoms with Gasteiger partial charge in [0.05, 0.1) is 0 Å². The molecule has 15 heavy (non-hydrogen) atoms. The number of amides is 1. The first-order chi connectivity index (χ1) is 7.00. The van der Waals surface area contributed by atoms with Gasteiger partial charge in [-0.25, -0.2) is 0 Å². The Balaban J connectivity index is 2.29. The van der Waals surface area contributed by atoms with E-state index in [0.717, 1.165) is 5.92 Å². The van der Waals surface area contributed by atoms with Crippen LogP contribution in [0, 0.1) is 5.92 Å². The Morgan fingerprint density at radius 2 is 2.13 bits per heavy atom. The Bertz CT molecular complexity index is 216. The molecule has 3 unspecified atom stereocenters. The van der Waals surface area contributed by atoms with Crippen LogP contribution in [0.3, 0.4) is 0 Å². The van der Waals surface area contributed by atoms with Crippen LogP contribution in [0.15, 0.2) is 0 Å². The van der Waals surface area contributed by atoms with Crippen LogP contribution in [0.4, 0.5) is 0 Å². The Morgan fingerprint density at radius 3 is 2.60 bits per heavy atom. The molecular weight excluding hydrogens is 188 g/mol. The Labute approximate surface area is 93.2 Å². The predicted molar refractivity (Wildman–Crippen MR) is 62.7 cm³/mol. The van der Waals surface area contributed by atoms with Gasteiger partial charge in [-0.1, -0.05) is 13.3 Å². The smallest absolute Gasteiger partial charge is 0.223 e. The summed E-state index contributed by atoms with van der Waals surface area (Å²) in [5, 5.41) is 3.57. The summed E-state index contributed by atoms with van der Waals surface area (Å²) < 4.78 is 0. The zero-order valence-corrected chi connectivity index (χ0v) is 10.4. The van der Waals surface area contributed by atoms with Crippen molar-refractivity contribution in [2.24, 2.45) is 5.92 Å². The SMILES string of the molecule is CC(CC(=O)N(C)C)NC1CCCC1C. The van der Waals surface area contributed by atoms with Gasteiger partial charge in [0.15, 0.2) is 0 Å². The molecule has 1 rings (SSSR count). The van der Waals surface area contributed by atoms with E-state index in [-0.39, 0.29) is 5.91 Å². The molecule has 0 aromatic carbocycles. The minimum absolute atomic E-state index is 0.209. The van der Waals surface area contributed by atoms with Crippen LogP contribution in [0.2, 0.25) is 0 Å². The van der Waals surface area contributed by atoms with Crippen LogP contribution < -0.4 is 5.32 Å². The van der Waals surface area contributed by atoms with E-state index in [1.54, 1.807) is 4.90 Å². The van der Waals surface area contributed by atoms with Crippen molar-refractivity contribution in [1.82, 2.24) is 10.2 Å². The van der Waals surface area contributed by atoms with Crippen LogP contribution in [0.25, 0.3) is 0 Å². The largest absolute Gasteiger partial charge is 0.349 e. The molecule has 0 aliphatic heterocycles. The number of carbonyl (C=O) groups is 1.